The fourth-order valence-electron chi connectivity index (χ4n) is 3.62. The van der Waals surface area contributed by atoms with Crippen LogP contribution in [0.2, 0.25) is 0 Å². The highest BCUT2D eigenvalue weighted by Gasteiger charge is 2.40. The lowest BCUT2D eigenvalue weighted by Crippen LogP contribution is -2.11. The largest absolute Gasteiger partial charge is 0.131 e. The van der Waals surface area contributed by atoms with Crippen LogP contribution in [0.15, 0.2) is 139 Å². The lowest BCUT2D eigenvalue weighted by atomic mass is 10.3. The predicted octanol–water partition coefficient (Wildman–Crippen LogP) is 8.08. The topological polar surface area (TPSA) is 0 Å². The molecule has 3 aromatic carbocycles. The molecule has 1 aliphatic heterocycles. The van der Waals surface area contributed by atoms with Crippen molar-refractivity contribution in [1.29, 1.82) is 0 Å². The smallest absolute Gasteiger partial charge is 0.0253 e. The molecule has 1 aliphatic rings. The number of benzene rings is 3. The molecule has 0 unspecified atom stereocenters. The van der Waals surface area contributed by atoms with Gasteiger partial charge in [0, 0.05) is 29.4 Å². The fourth-order valence-corrected chi connectivity index (χ4v) is 9.52. The second-order valence-electron chi connectivity index (χ2n) is 6.23. The Balaban J connectivity index is 2.20. The zero-order chi connectivity index (χ0) is 18.7. The monoisotopic (exact) mass is 386 g/mol. The maximum Gasteiger partial charge on any atom is 0.0253 e. The van der Waals surface area contributed by atoms with Gasteiger partial charge in [0.15, 0.2) is 0 Å². The van der Waals surface area contributed by atoms with Gasteiger partial charge in [-0.25, -0.2) is 0 Å². The van der Waals surface area contributed by atoms with Crippen LogP contribution >= 0.6 is 21.8 Å². The third kappa shape index (κ3) is 2.90. The summed E-state index contributed by atoms with van der Waals surface area (Å²) in [5.41, 5.74) is 0. The highest BCUT2D eigenvalue weighted by Crippen LogP contribution is 2.78. The van der Waals surface area contributed by atoms with Gasteiger partial charge < -0.3 is 0 Å². The first-order valence-electron chi connectivity index (χ1n) is 9.02. The number of hydrogen-bond donors (Lipinski definition) is 0. The quantitative estimate of drug-likeness (QED) is 0.408. The maximum absolute atomic E-state index is 4.01. The van der Waals surface area contributed by atoms with Crippen molar-refractivity contribution in [3.05, 3.63) is 115 Å². The second-order valence-corrected chi connectivity index (χ2v) is 10.4. The van der Waals surface area contributed by atoms with Gasteiger partial charge in [-0.3, -0.25) is 0 Å². The van der Waals surface area contributed by atoms with Gasteiger partial charge in [-0.05, 0) is 49.4 Å². The normalized spacial score (nSPS) is 16.4. The van der Waals surface area contributed by atoms with Crippen LogP contribution in [0.25, 0.3) is 0 Å². The Morgan fingerprint density at radius 3 is 1.93 bits per heavy atom. The Hall–Kier alpha value is -2.42. The molecule has 134 valence electrons. The van der Waals surface area contributed by atoms with Crippen molar-refractivity contribution in [3.63, 3.8) is 0 Å². The Morgan fingerprint density at radius 2 is 1.37 bits per heavy atom. The van der Waals surface area contributed by atoms with Gasteiger partial charge in [-0.2, -0.15) is 0 Å². The molecule has 0 saturated heterocycles. The van der Waals surface area contributed by atoms with E-state index in [9.17, 15) is 0 Å². The molecule has 0 spiro atoms. The van der Waals surface area contributed by atoms with Gasteiger partial charge in [0.05, 0.1) is 0 Å². The van der Waals surface area contributed by atoms with Crippen molar-refractivity contribution in [1.82, 2.24) is 0 Å². The van der Waals surface area contributed by atoms with Gasteiger partial charge in [-0.15, -0.1) is 10.0 Å². The first kappa shape index (κ1) is 18.0. The average molecular weight is 387 g/mol. The van der Waals surface area contributed by atoms with Gasteiger partial charge in [0.2, 0.25) is 0 Å². The van der Waals surface area contributed by atoms with Crippen LogP contribution < -0.4 is 0 Å². The summed E-state index contributed by atoms with van der Waals surface area (Å²) in [6.07, 6.45) is 8.50. The summed E-state index contributed by atoms with van der Waals surface area (Å²) >= 11 is 1.88. The first-order valence-corrected chi connectivity index (χ1v) is 11.5. The molecule has 0 bridgehead atoms. The minimum Gasteiger partial charge on any atom is -0.131 e. The molecule has 2 heteroatoms. The number of fused-ring (bicyclic) bond motifs is 2. The summed E-state index contributed by atoms with van der Waals surface area (Å²) in [4.78, 5) is 8.17. The van der Waals surface area contributed by atoms with Crippen LogP contribution in [0.4, 0.5) is 0 Å². The molecule has 0 N–H and O–H groups in total. The van der Waals surface area contributed by atoms with Crippen LogP contribution in [-0.4, -0.2) is 0 Å². The third-order valence-corrected chi connectivity index (χ3v) is 10.0. The van der Waals surface area contributed by atoms with E-state index < -0.39 is 10.0 Å². The van der Waals surface area contributed by atoms with E-state index in [1.807, 2.05) is 17.8 Å². The van der Waals surface area contributed by atoms with Crippen molar-refractivity contribution < 1.29 is 0 Å². The fraction of sp³-hybridized carbons (Fsp3) is 0.0400. The maximum atomic E-state index is 4.01. The Kier molecular flexibility index (Phi) is 5.11. The standard InChI is InChI=1S/C25H22S2/c1-3-12-20(13-4-2)27(21-14-6-5-7-15-21)24-18-10-8-16-22(24)26-23-17-9-11-19-25(23)27/h3-19H,1H2,2H3/b13-4-,20-12+. The Morgan fingerprint density at radius 1 is 0.815 bits per heavy atom. The summed E-state index contributed by atoms with van der Waals surface area (Å²) in [6, 6.07) is 28.7. The predicted molar refractivity (Wildman–Crippen MR) is 119 cm³/mol. The van der Waals surface area contributed by atoms with E-state index in [4.69, 9.17) is 0 Å². The average Bonchev–Trinajstić information content (AvgIpc) is 2.72. The van der Waals surface area contributed by atoms with Gasteiger partial charge >= 0.3 is 0 Å². The van der Waals surface area contributed by atoms with Crippen LogP contribution in [0.1, 0.15) is 6.92 Å². The van der Waals surface area contributed by atoms with E-state index in [2.05, 4.69) is 111 Å². The zero-order valence-corrected chi connectivity index (χ0v) is 17.0. The second kappa shape index (κ2) is 7.67. The molecule has 4 rings (SSSR count). The zero-order valence-electron chi connectivity index (χ0n) is 15.3. The molecule has 3 aromatic rings. The molecular formula is C25H22S2. The molecular weight excluding hydrogens is 364 g/mol. The molecule has 0 atom stereocenters. The Labute approximate surface area is 167 Å². The lowest BCUT2D eigenvalue weighted by Gasteiger charge is -2.46. The van der Waals surface area contributed by atoms with E-state index in [1.165, 1.54) is 29.4 Å². The van der Waals surface area contributed by atoms with E-state index >= 15 is 0 Å². The molecule has 1 heterocycles. The van der Waals surface area contributed by atoms with Crippen molar-refractivity contribution in [2.75, 3.05) is 0 Å². The summed E-state index contributed by atoms with van der Waals surface area (Å²) in [5.74, 6) is 0. The minimum atomic E-state index is -1.58. The molecule has 0 aromatic heterocycles. The number of rotatable bonds is 4. The van der Waals surface area contributed by atoms with E-state index in [-0.39, 0.29) is 0 Å². The molecule has 0 saturated carbocycles. The summed E-state index contributed by atoms with van der Waals surface area (Å²) in [5, 5.41) is 0. The Bertz CT molecular complexity index is 983. The van der Waals surface area contributed by atoms with Crippen molar-refractivity contribution in [3.8, 4) is 0 Å². The highest BCUT2D eigenvalue weighted by molar-refractivity contribution is 8.37. The highest BCUT2D eigenvalue weighted by atomic mass is 32.3. The van der Waals surface area contributed by atoms with E-state index in [1.54, 1.807) is 0 Å². The molecule has 0 fully saturated rings. The van der Waals surface area contributed by atoms with Gasteiger partial charge in [0.1, 0.15) is 0 Å². The van der Waals surface area contributed by atoms with Crippen molar-refractivity contribution >= 4 is 21.8 Å². The molecule has 0 radical (unpaired) electrons. The van der Waals surface area contributed by atoms with E-state index in [0.29, 0.717) is 0 Å². The van der Waals surface area contributed by atoms with E-state index in [0.717, 1.165) is 0 Å². The van der Waals surface area contributed by atoms with Crippen molar-refractivity contribution in [2.24, 2.45) is 0 Å². The third-order valence-electron chi connectivity index (χ3n) is 4.64. The summed E-state index contributed by atoms with van der Waals surface area (Å²) < 4.78 is 0. The van der Waals surface area contributed by atoms with Gasteiger partial charge in [0.25, 0.3) is 0 Å². The number of allylic oxidation sites excluding steroid dienone is 4. The molecule has 0 nitrogen and oxygen atoms in total. The number of hydrogen-bond acceptors (Lipinski definition) is 1. The van der Waals surface area contributed by atoms with Crippen LogP contribution in [0.5, 0.6) is 0 Å². The molecule has 0 aliphatic carbocycles. The lowest BCUT2D eigenvalue weighted by molar-refractivity contribution is 1.11. The first-order chi connectivity index (χ1) is 13.3. The van der Waals surface area contributed by atoms with Crippen LogP contribution in [-0.2, 0) is 0 Å². The summed E-state index contributed by atoms with van der Waals surface area (Å²) in [6.45, 7) is 6.10. The summed E-state index contributed by atoms with van der Waals surface area (Å²) in [7, 11) is -1.58. The van der Waals surface area contributed by atoms with Crippen LogP contribution in [0, 0.1) is 0 Å². The molecule has 27 heavy (non-hydrogen) atoms. The van der Waals surface area contributed by atoms with Crippen LogP contribution in [0.3, 0.4) is 0 Å². The van der Waals surface area contributed by atoms with Gasteiger partial charge in [-0.1, -0.05) is 79.0 Å². The van der Waals surface area contributed by atoms with Crippen molar-refractivity contribution in [2.45, 2.75) is 31.4 Å². The molecule has 0 amide bonds. The minimum absolute atomic E-state index is 1.31. The SMILES string of the molecule is C=C/C=C(\C=C/C)S1(c2ccccc2)c2ccccc2Sc2ccccc21.